The summed E-state index contributed by atoms with van der Waals surface area (Å²) in [6.45, 7) is 2.27. The number of ether oxygens (including phenoxy) is 1. The van der Waals surface area contributed by atoms with E-state index in [4.69, 9.17) is 5.73 Å². The van der Waals surface area contributed by atoms with E-state index in [9.17, 15) is 9.59 Å². The van der Waals surface area contributed by atoms with Crippen LogP contribution in [-0.4, -0.2) is 25.5 Å². The Bertz CT molecular complexity index is 499. The fourth-order valence-electron chi connectivity index (χ4n) is 2.18. The smallest absolute Gasteiger partial charge is 0.311 e. The third-order valence-electron chi connectivity index (χ3n) is 3.13. The van der Waals surface area contributed by atoms with Crippen molar-refractivity contribution in [3.05, 3.63) is 23.8 Å². The second-order valence-corrected chi connectivity index (χ2v) is 4.49. The van der Waals surface area contributed by atoms with E-state index in [1.165, 1.54) is 7.11 Å². The molecule has 0 aromatic heterocycles. The van der Waals surface area contributed by atoms with E-state index in [-0.39, 0.29) is 18.3 Å². The van der Waals surface area contributed by atoms with E-state index in [1.807, 2.05) is 25.1 Å². The van der Waals surface area contributed by atoms with Gasteiger partial charge in [-0.1, -0.05) is 6.07 Å². The molecule has 18 heavy (non-hydrogen) atoms. The van der Waals surface area contributed by atoms with Gasteiger partial charge in [0, 0.05) is 13.0 Å². The van der Waals surface area contributed by atoms with Crippen LogP contribution in [0.25, 0.3) is 0 Å². The number of nitrogens with zero attached hydrogens (tertiary/aromatic N) is 1. The topological polar surface area (TPSA) is 72.6 Å². The number of hydrogen-bond donors (Lipinski definition) is 1. The molecule has 1 amide bonds. The maximum absolute atomic E-state index is 11.9. The van der Waals surface area contributed by atoms with Crippen LogP contribution in [0.2, 0.25) is 0 Å². The number of esters is 1. The summed E-state index contributed by atoms with van der Waals surface area (Å²) < 4.78 is 4.67. The minimum Gasteiger partial charge on any atom is -0.469 e. The summed E-state index contributed by atoms with van der Waals surface area (Å²) >= 11 is 0. The number of carbonyl (C=O) groups is 2. The van der Waals surface area contributed by atoms with Crippen molar-refractivity contribution in [3.8, 4) is 0 Å². The van der Waals surface area contributed by atoms with Crippen molar-refractivity contribution in [1.29, 1.82) is 0 Å². The van der Waals surface area contributed by atoms with Crippen molar-refractivity contribution in [2.75, 3.05) is 24.3 Å². The Morgan fingerprint density at radius 1 is 1.50 bits per heavy atom. The molecular formula is C13H16N2O3. The van der Waals surface area contributed by atoms with Crippen LogP contribution in [0.5, 0.6) is 0 Å². The van der Waals surface area contributed by atoms with E-state index >= 15 is 0 Å². The number of hydrogen-bond acceptors (Lipinski definition) is 4. The van der Waals surface area contributed by atoms with Crippen LogP contribution in [0.1, 0.15) is 12.0 Å². The third-order valence-corrected chi connectivity index (χ3v) is 3.13. The van der Waals surface area contributed by atoms with E-state index < -0.39 is 5.92 Å². The summed E-state index contributed by atoms with van der Waals surface area (Å²) in [6.07, 6.45) is 0.181. The van der Waals surface area contributed by atoms with Crippen LogP contribution in [0.15, 0.2) is 18.2 Å². The van der Waals surface area contributed by atoms with Crippen molar-refractivity contribution >= 4 is 23.3 Å². The molecule has 1 fully saturated rings. The van der Waals surface area contributed by atoms with Crippen LogP contribution in [0, 0.1) is 12.8 Å². The molecule has 0 bridgehead atoms. The highest BCUT2D eigenvalue weighted by atomic mass is 16.5. The molecular weight excluding hydrogens is 232 g/mol. The summed E-state index contributed by atoms with van der Waals surface area (Å²) in [7, 11) is 1.33. The number of aryl methyl sites for hydroxylation is 1. The first-order chi connectivity index (χ1) is 8.52. The van der Waals surface area contributed by atoms with Crippen molar-refractivity contribution < 1.29 is 14.3 Å². The minimum absolute atomic E-state index is 0.0963. The first kappa shape index (κ1) is 12.4. The van der Waals surface area contributed by atoms with Gasteiger partial charge in [-0.2, -0.15) is 0 Å². The average Bonchev–Trinajstić information content (AvgIpc) is 2.70. The predicted octanol–water partition coefficient (Wildman–Crippen LogP) is 1.10. The monoisotopic (exact) mass is 248 g/mol. The molecule has 1 aliphatic heterocycles. The molecule has 0 spiro atoms. The van der Waals surface area contributed by atoms with Crippen LogP contribution in [-0.2, 0) is 14.3 Å². The summed E-state index contributed by atoms with van der Waals surface area (Å²) in [5, 5.41) is 0. The van der Waals surface area contributed by atoms with Crippen LogP contribution < -0.4 is 10.6 Å². The van der Waals surface area contributed by atoms with Gasteiger partial charge in [0.2, 0.25) is 5.91 Å². The van der Waals surface area contributed by atoms with Gasteiger partial charge in [-0.3, -0.25) is 9.59 Å². The fourth-order valence-corrected chi connectivity index (χ4v) is 2.18. The van der Waals surface area contributed by atoms with Crippen molar-refractivity contribution in [2.24, 2.45) is 5.92 Å². The lowest BCUT2D eigenvalue weighted by Gasteiger charge is -2.18. The van der Waals surface area contributed by atoms with E-state index in [0.717, 1.165) is 5.56 Å². The molecule has 96 valence electrons. The zero-order chi connectivity index (χ0) is 13.3. The maximum Gasteiger partial charge on any atom is 0.311 e. The van der Waals surface area contributed by atoms with Gasteiger partial charge in [0.15, 0.2) is 0 Å². The second kappa shape index (κ2) is 4.68. The zero-order valence-corrected chi connectivity index (χ0v) is 10.5. The highest BCUT2D eigenvalue weighted by Gasteiger charge is 2.36. The second-order valence-electron chi connectivity index (χ2n) is 4.49. The molecule has 0 aliphatic carbocycles. The quantitative estimate of drug-likeness (QED) is 0.628. The van der Waals surface area contributed by atoms with E-state index in [2.05, 4.69) is 4.74 Å². The molecule has 1 unspecified atom stereocenters. The molecule has 0 radical (unpaired) electrons. The average molecular weight is 248 g/mol. The Kier molecular flexibility index (Phi) is 3.23. The molecule has 1 saturated heterocycles. The zero-order valence-electron chi connectivity index (χ0n) is 10.5. The molecule has 5 nitrogen and oxygen atoms in total. The van der Waals surface area contributed by atoms with Crippen molar-refractivity contribution in [1.82, 2.24) is 0 Å². The Balaban J connectivity index is 2.24. The Labute approximate surface area is 106 Å². The standard InChI is InChI=1S/C13H16N2O3/c1-8-3-4-11(10(14)5-8)15-7-9(6-12(15)16)13(17)18-2/h3-5,9H,6-7,14H2,1-2H3. The van der Waals surface area contributed by atoms with Gasteiger partial charge in [-0.25, -0.2) is 0 Å². The highest BCUT2D eigenvalue weighted by molar-refractivity contribution is 6.01. The van der Waals surface area contributed by atoms with Crippen LogP contribution in [0.3, 0.4) is 0 Å². The third kappa shape index (κ3) is 2.16. The number of methoxy groups -OCH3 is 1. The number of benzene rings is 1. The lowest BCUT2D eigenvalue weighted by Crippen LogP contribution is -2.27. The van der Waals surface area contributed by atoms with Gasteiger partial charge in [0.25, 0.3) is 0 Å². The number of nitrogen functional groups attached to an aromatic ring is 1. The molecule has 5 heteroatoms. The molecule has 1 aromatic rings. The number of rotatable bonds is 2. The summed E-state index contributed by atoms with van der Waals surface area (Å²) in [6, 6.07) is 5.51. The number of carbonyl (C=O) groups excluding carboxylic acids is 2. The SMILES string of the molecule is COC(=O)C1CC(=O)N(c2ccc(C)cc2N)C1. The lowest BCUT2D eigenvalue weighted by molar-refractivity contribution is -0.145. The largest absolute Gasteiger partial charge is 0.469 e. The number of anilines is 2. The van der Waals surface area contributed by atoms with Gasteiger partial charge in [-0.15, -0.1) is 0 Å². The fraction of sp³-hybridized carbons (Fsp3) is 0.385. The van der Waals surface area contributed by atoms with Gasteiger partial charge < -0.3 is 15.4 Å². The van der Waals surface area contributed by atoms with Crippen molar-refractivity contribution in [3.63, 3.8) is 0 Å². The lowest BCUT2D eigenvalue weighted by atomic mass is 10.1. The summed E-state index contributed by atoms with van der Waals surface area (Å²) in [5.41, 5.74) is 8.16. The highest BCUT2D eigenvalue weighted by Crippen LogP contribution is 2.30. The van der Waals surface area contributed by atoms with E-state index in [0.29, 0.717) is 17.9 Å². The maximum atomic E-state index is 11.9. The molecule has 1 atom stereocenters. The molecule has 2 rings (SSSR count). The first-order valence-electron chi connectivity index (χ1n) is 5.77. The molecule has 0 saturated carbocycles. The number of nitrogens with two attached hydrogens (primary N) is 1. The van der Waals surface area contributed by atoms with Crippen molar-refractivity contribution in [2.45, 2.75) is 13.3 Å². The molecule has 2 N–H and O–H groups in total. The number of amides is 1. The first-order valence-corrected chi connectivity index (χ1v) is 5.77. The van der Waals surface area contributed by atoms with Crippen LogP contribution in [0.4, 0.5) is 11.4 Å². The van der Waals surface area contributed by atoms with Gasteiger partial charge >= 0.3 is 5.97 Å². The Morgan fingerprint density at radius 2 is 2.22 bits per heavy atom. The Morgan fingerprint density at radius 3 is 2.83 bits per heavy atom. The summed E-state index contributed by atoms with van der Waals surface area (Å²) in [4.78, 5) is 24.9. The summed E-state index contributed by atoms with van der Waals surface area (Å²) in [5.74, 6) is -0.847. The molecule has 1 heterocycles. The van der Waals surface area contributed by atoms with Gasteiger partial charge in [0.1, 0.15) is 0 Å². The van der Waals surface area contributed by atoms with Crippen LogP contribution >= 0.6 is 0 Å². The predicted molar refractivity (Wildman–Crippen MR) is 68.1 cm³/mol. The van der Waals surface area contributed by atoms with Gasteiger partial charge in [-0.05, 0) is 24.6 Å². The minimum atomic E-state index is -0.400. The Hall–Kier alpha value is -2.04. The van der Waals surface area contributed by atoms with Gasteiger partial charge in [0.05, 0.1) is 24.4 Å². The normalized spacial score (nSPS) is 19.1. The molecule has 1 aliphatic rings. The van der Waals surface area contributed by atoms with E-state index in [1.54, 1.807) is 4.90 Å². The molecule has 1 aromatic carbocycles.